The van der Waals surface area contributed by atoms with Gasteiger partial charge in [0, 0.05) is 38.8 Å². The molecule has 0 fully saturated rings. The van der Waals surface area contributed by atoms with Gasteiger partial charge in [0.05, 0.1) is 74.2 Å². The topological polar surface area (TPSA) is 21.3 Å². The Morgan fingerprint density at radius 2 is 0.951 bits per heavy atom. The van der Waals surface area contributed by atoms with Crippen LogP contribution in [-0.4, -0.2) is 4.57 Å². The third-order valence-electron chi connectivity index (χ3n) is 9.43. The maximum atomic E-state index is 10.3. The van der Waals surface area contributed by atoms with Crippen molar-refractivity contribution in [3.05, 3.63) is 230 Å². The van der Waals surface area contributed by atoms with Crippen molar-refractivity contribution in [2.24, 2.45) is 0 Å². The molecule has 0 atom stereocenters. The maximum absolute atomic E-state index is 10.3. The van der Waals surface area contributed by atoms with Crippen LogP contribution >= 0.6 is 0 Å². The largest absolute Gasteiger partial charge is 0.455 e. The second-order valence-electron chi connectivity index (χ2n) is 12.8. The minimum absolute atomic E-state index is 0.282. The lowest BCUT2D eigenvalue weighted by Crippen LogP contribution is -2.10. The molecular weight excluding hydrogens is 741 g/mol. The molecule has 0 aliphatic rings. The zero-order valence-corrected chi connectivity index (χ0v) is 30.3. The SMILES string of the molecule is [2H]c1c([2H])c([2H])c(-c2c([2H])c([2H])c(N(c3c([2H])c([2H])c(-c4c([2H])c([2H])c([2H])c5c([2H])c([2H])c([2H])c([2H])c45)c([2H])c3[2H])c3c([2H])c([2H])c(-c4c([2H])c([2H])c([2H])c(-n5c6c([2H])c([2H])c([2H])c([2H])c6c6c([2H])c([2H])c([2H])c([2H])c65)c4[2H])c4oc5c([2H])c([2H])c([2H])c([2H])c5c34)c([2H])c2[2H])c([2H])c1[2H]. The van der Waals surface area contributed by atoms with E-state index in [9.17, 15) is 21.9 Å². The first-order valence-electron chi connectivity index (χ1n) is 36.7. The number of nitrogens with zero attached hydrogens (tertiary/aromatic N) is 2. The average Bonchev–Trinajstić information content (AvgIpc) is 1.61. The monoisotopic (exact) mass is 817 g/mol. The summed E-state index contributed by atoms with van der Waals surface area (Å²) in [4.78, 5) is 0.282. The summed E-state index contributed by atoms with van der Waals surface area (Å²) in [6.45, 7) is 0. The van der Waals surface area contributed by atoms with Crippen LogP contribution in [0.15, 0.2) is 234 Å². The van der Waals surface area contributed by atoms with Gasteiger partial charge in [-0.2, -0.15) is 0 Å². The first-order valence-corrected chi connectivity index (χ1v) is 17.7. The molecule has 2 heterocycles. The van der Waals surface area contributed by atoms with Gasteiger partial charge in [0.1, 0.15) is 11.2 Å². The molecule has 0 aliphatic carbocycles. The molecule has 3 heteroatoms. The summed E-state index contributed by atoms with van der Waals surface area (Å²) in [6.07, 6.45) is 0. The van der Waals surface area contributed by atoms with Crippen LogP contribution in [0.3, 0.4) is 0 Å². The molecular formula is C58H38N2O. The molecule has 3 nitrogen and oxygen atoms in total. The Bertz CT molecular complexity index is 5680. The Hall–Kier alpha value is -8.14. The number of furan rings is 1. The molecule has 61 heavy (non-hydrogen) atoms. The summed E-state index contributed by atoms with van der Waals surface area (Å²) in [5.41, 5.74) is -14.2. The predicted molar refractivity (Wildman–Crippen MR) is 257 cm³/mol. The van der Waals surface area contributed by atoms with Gasteiger partial charge < -0.3 is 13.9 Å². The van der Waals surface area contributed by atoms with E-state index in [1.165, 1.54) is 0 Å². The number of fused-ring (bicyclic) bond motifs is 7. The number of hydrogen-bond acceptors (Lipinski definition) is 2. The summed E-state index contributed by atoms with van der Waals surface area (Å²) in [7, 11) is 0. The van der Waals surface area contributed by atoms with Crippen molar-refractivity contribution in [3.8, 4) is 39.1 Å². The smallest absolute Gasteiger partial charge is 0.145 e. The Kier molecular flexibility index (Phi) is 3.21. The third-order valence-corrected chi connectivity index (χ3v) is 9.43. The van der Waals surface area contributed by atoms with E-state index >= 15 is 0 Å². The zero-order valence-electron chi connectivity index (χ0n) is 68.3. The molecule has 0 spiro atoms. The number of aromatic nitrogens is 1. The molecule has 10 aromatic carbocycles. The van der Waals surface area contributed by atoms with Crippen molar-refractivity contribution in [2.75, 3.05) is 4.90 Å². The Morgan fingerprint density at radius 1 is 0.393 bits per heavy atom. The van der Waals surface area contributed by atoms with Crippen molar-refractivity contribution in [1.82, 2.24) is 4.57 Å². The lowest BCUT2D eigenvalue weighted by atomic mass is 9.97. The summed E-state index contributed by atoms with van der Waals surface area (Å²) >= 11 is 0. The lowest BCUT2D eigenvalue weighted by Gasteiger charge is -2.27. The average molecular weight is 817 g/mol. The Labute approximate surface area is 407 Å². The van der Waals surface area contributed by atoms with Crippen LogP contribution < -0.4 is 4.90 Å². The highest BCUT2D eigenvalue weighted by Crippen LogP contribution is 2.47. The number of anilines is 3. The first-order chi connectivity index (χ1) is 46.1. The van der Waals surface area contributed by atoms with Gasteiger partial charge in [-0.3, -0.25) is 0 Å². The summed E-state index contributed by atoms with van der Waals surface area (Å²) in [5, 5.41) is -4.50. The van der Waals surface area contributed by atoms with Crippen LogP contribution in [0.5, 0.6) is 0 Å². The number of benzene rings is 10. The standard InChI is InChI=1S/C58H38N2O/c1-2-14-39(15-3-1)40-28-32-44(33-29-40)59(45-34-30-42(31-35-45)48-24-13-17-41-16-4-5-20-47(41)48)55-37-36-49(58-57(55)52-23-8-11-27-56(52)61-58)43-18-12-19-46(38-43)60-53-25-9-6-21-50(53)51-22-7-10-26-54(51)60/h1-38H/i1D,2D,3D,4D,5D,6D,7D,8D,9D,10D,11D,12D,13D,14D,15D,16D,17D,18D,19D,20D,21D,22D,23D,24D,25D,26D,27D,28D,29D,30D,31D,32D,33D,34D,35D,36D,37D,38D. The van der Waals surface area contributed by atoms with Gasteiger partial charge in [-0.15, -0.1) is 0 Å². The highest BCUT2D eigenvalue weighted by molar-refractivity contribution is 6.17. The van der Waals surface area contributed by atoms with Gasteiger partial charge in [-0.1, -0.05) is 163 Å². The van der Waals surface area contributed by atoms with Gasteiger partial charge in [0.2, 0.25) is 0 Å². The number of rotatable bonds is 7. The molecule has 0 saturated carbocycles. The van der Waals surface area contributed by atoms with E-state index in [4.69, 9.17) is 34.6 Å². The summed E-state index contributed by atoms with van der Waals surface area (Å²) < 4.78 is 355. The van der Waals surface area contributed by atoms with Gasteiger partial charge >= 0.3 is 0 Å². The first kappa shape index (κ1) is 13.7. The van der Waals surface area contributed by atoms with Gasteiger partial charge in [0.15, 0.2) is 0 Å². The van der Waals surface area contributed by atoms with E-state index in [0.29, 0.717) is 4.57 Å². The van der Waals surface area contributed by atoms with Gasteiger partial charge in [-0.25, -0.2) is 0 Å². The second-order valence-corrected chi connectivity index (χ2v) is 12.8. The van der Waals surface area contributed by atoms with Crippen molar-refractivity contribution in [3.63, 3.8) is 0 Å². The number of hydrogen-bond donors (Lipinski definition) is 0. The molecule has 0 aliphatic heterocycles. The van der Waals surface area contributed by atoms with Crippen LogP contribution in [-0.2, 0) is 0 Å². The summed E-state index contributed by atoms with van der Waals surface area (Å²) in [6, 6.07) is -42.2. The minimum Gasteiger partial charge on any atom is -0.455 e. The molecule has 0 unspecified atom stereocenters. The van der Waals surface area contributed by atoms with Crippen molar-refractivity contribution < 1.29 is 56.5 Å². The molecule has 0 saturated heterocycles. The predicted octanol–water partition coefficient (Wildman–Crippen LogP) is 16.3. The van der Waals surface area contributed by atoms with E-state index in [-0.39, 0.29) is 4.90 Å². The molecule has 12 aromatic rings. The molecule has 12 rings (SSSR count). The van der Waals surface area contributed by atoms with Crippen molar-refractivity contribution in [1.29, 1.82) is 0 Å². The maximum Gasteiger partial charge on any atom is 0.145 e. The highest BCUT2D eigenvalue weighted by Gasteiger charge is 2.23. The third kappa shape index (κ3) is 5.82. The molecule has 286 valence electrons. The quantitative estimate of drug-likeness (QED) is 0.160. The normalized spacial score (nSPS) is 20.3. The minimum atomic E-state index is -1.43. The highest BCUT2D eigenvalue weighted by atomic mass is 16.3. The van der Waals surface area contributed by atoms with E-state index in [1.54, 1.807) is 0 Å². The lowest BCUT2D eigenvalue weighted by molar-refractivity contribution is 0.670. The van der Waals surface area contributed by atoms with Gasteiger partial charge in [0.25, 0.3) is 0 Å². The molecule has 0 N–H and O–H groups in total. The van der Waals surface area contributed by atoms with E-state index in [0.717, 1.165) is 0 Å². The van der Waals surface area contributed by atoms with E-state index < -0.39 is 340 Å². The van der Waals surface area contributed by atoms with Crippen LogP contribution in [0.4, 0.5) is 17.1 Å². The van der Waals surface area contributed by atoms with Crippen LogP contribution in [0.2, 0.25) is 0 Å². The van der Waals surface area contributed by atoms with Crippen LogP contribution in [0.1, 0.15) is 52.1 Å². The van der Waals surface area contributed by atoms with E-state index in [1.807, 2.05) is 0 Å². The molecule has 2 aromatic heterocycles. The van der Waals surface area contributed by atoms with Crippen molar-refractivity contribution in [2.45, 2.75) is 0 Å². The second kappa shape index (κ2) is 14.3. The summed E-state index contributed by atoms with van der Waals surface area (Å²) in [5.74, 6) is 0. The number of para-hydroxylation sites is 3. The molecule has 0 bridgehead atoms. The van der Waals surface area contributed by atoms with Crippen LogP contribution in [0.25, 0.3) is 93.6 Å². The molecule has 0 amide bonds. The van der Waals surface area contributed by atoms with Gasteiger partial charge in [-0.05, 0) is 105 Å². The Morgan fingerprint density at radius 3 is 1.69 bits per heavy atom. The van der Waals surface area contributed by atoms with E-state index in [2.05, 4.69) is 0 Å². The fourth-order valence-electron chi connectivity index (χ4n) is 6.82. The molecule has 0 radical (unpaired) electrons. The van der Waals surface area contributed by atoms with Crippen LogP contribution in [0, 0.1) is 0 Å². The fourth-order valence-corrected chi connectivity index (χ4v) is 6.82. The van der Waals surface area contributed by atoms with Crippen molar-refractivity contribution >= 4 is 71.6 Å². The Balaban J connectivity index is 1.32. The fraction of sp³-hybridized carbons (Fsp3) is 0. The zero-order chi connectivity index (χ0) is 73.3.